The van der Waals surface area contributed by atoms with Gasteiger partial charge in [-0.1, -0.05) is 51.4 Å². The molecule has 6 nitrogen and oxygen atoms in total. The van der Waals surface area contributed by atoms with Gasteiger partial charge in [-0.3, -0.25) is 14.4 Å². The molecule has 0 saturated heterocycles. The molecule has 2 aliphatic carbocycles. The molecule has 0 fully saturated rings. The Morgan fingerprint density at radius 1 is 0.951 bits per heavy atom. The molecular formula is C34H39ClN2O4. The van der Waals surface area contributed by atoms with Crippen molar-refractivity contribution in [1.82, 2.24) is 4.90 Å². The number of ether oxygens (including phenoxy) is 1. The van der Waals surface area contributed by atoms with E-state index in [4.69, 9.17) is 16.3 Å². The normalized spacial score (nSPS) is 20.1. The molecule has 1 N–H and O–H groups in total. The lowest BCUT2D eigenvalue weighted by atomic mass is 9.63. The van der Waals surface area contributed by atoms with Crippen LogP contribution in [0.1, 0.15) is 77.3 Å². The highest BCUT2D eigenvalue weighted by atomic mass is 35.5. The van der Waals surface area contributed by atoms with Crippen molar-refractivity contribution in [2.24, 2.45) is 10.8 Å². The van der Waals surface area contributed by atoms with E-state index in [1.807, 2.05) is 31.2 Å². The van der Waals surface area contributed by atoms with Crippen LogP contribution in [0.15, 0.2) is 65.0 Å². The van der Waals surface area contributed by atoms with Crippen molar-refractivity contribution in [3.05, 3.63) is 81.2 Å². The number of hydrogen-bond acceptors (Lipinski definition) is 5. The number of halogens is 1. The number of anilines is 1. The Labute approximate surface area is 247 Å². The minimum atomic E-state index is -0.594. The molecule has 0 unspecified atom stereocenters. The van der Waals surface area contributed by atoms with Crippen molar-refractivity contribution in [2.75, 3.05) is 18.5 Å². The number of nitrogens with zero attached hydrogens (tertiary/aromatic N) is 1. The number of allylic oxidation sites excluding steroid dienone is 4. The van der Waals surface area contributed by atoms with Gasteiger partial charge in [0.05, 0.1) is 0 Å². The smallest absolute Gasteiger partial charge is 0.262 e. The summed E-state index contributed by atoms with van der Waals surface area (Å²) in [4.78, 5) is 42.9. The molecule has 0 aromatic heterocycles. The van der Waals surface area contributed by atoms with Crippen LogP contribution in [-0.2, 0) is 14.4 Å². The molecule has 1 amide bonds. The van der Waals surface area contributed by atoms with Gasteiger partial charge in [-0.05, 0) is 73.4 Å². The maximum atomic E-state index is 13.9. The first kappa shape index (κ1) is 29.1. The molecule has 0 radical (unpaired) electrons. The zero-order valence-corrected chi connectivity index (χ0v) is 25.6. The average molecular weight is 575 g/mol. The number of benzene rings is 2. The van der Waals surface area contributed by atoms with E-state index in [0.29, 0.717) is 52.6 Å². The Morgan fingerprint density at radius 2 is 1.56 bits per heavy atom. The Hall–Kier alpha value is -3.38. The van der Waals surface area contributed by atoms with Crippen LogP contribution in [0.25, 0.3) is 0 Å². The van der Waals surface area contributed by atoms with E-state index in [0.717, 1.165) is 29.8 Å². The van der Waals surface area contributed by atoms with Crippen LogP contribution in [0.4, 0.5) is 5.69 Å². The second-order valence-electron chi connectivity index (χ2n) is 13.2. The van der Waals surface area contributed by atoms with Gasteiger partial charge in [0.1, 0.15) is 5.75 Å². The zero-order valence-electron chi connectivity index (χ0n) is 24.8. The number of Topliss-reactive ketones (excluding diaryl/α,β-unsaturated/α-hetero) is 2. The number of amides is 1. The van der Waals surface area contributed by atoms with Crippen molar-refractivity contribution in [3.63, 3.8) is 0 Å². The van der Waals surface area contributed by atoms with Gasteiger partial charge in [-0.25, -0.2) is 0 Å². The van der Waals surface area contributed by atoms with Crippen molar-refractivity contribution >= 4 is 34.8 Å². The maximum Gasteiger partial charge on any atom is 0.262 e. The summed E-state index contributed by atoms with van der Waals surface area (Å²) >= 11 is 6.54. The molecule has 0 atom stereocenters. The summed E-state index contributed by atoms with van der Waals surface area (Å²) < 4.78 is 6.12. The van der Waals surface area contributed by atoms with E-state index in [2.05, 4.69) is 44.8 Å². The predicted octanol–water partition coefficient (Wildman–Crippen LogP) is 7.37. The van der Waals surface area contributed by atoms with Crippen LogP contribution in [0, 0.1) is 17.8 Å². The van der Waals surface area contributed by atoms with E-state index in [1.165, 1.54) is 0 Å². The second kappa shape index (κ2) is 10.8. The Kier molecular flexibility index (Phi) is 7.66. The summed E-state index contributed by atoms with van der Waals surface area (Å²) in [5.74, 6) is -0.358. The van der Waals surface area contributed by atoms with Gasteiger partial charge < -0.3 is 15.0 Å². The van der Waals surface area contributed by atoms with Gasteiger partial charge in [0.15, 0.2) is 18.2 Å². The summed E-state index contributed by atoms with van der Waals surface area (Å²) in [6.45, 7) is 13.0. The van der Waals surface area contributed by atoms with E-state index >= 15 is 0 Å². The van der Waals surface area contributed by atoms with Crippen LogP contribution in [0.2, 0.25) is 5.02 Å². The van der Waals surface area contributed by atoms with Crippen LogP contribution in [0.3, 0.4) is 0 Å². The molecule has 2 aromatic rings. The average Bonchev–Trinajstić information content (AvgIpc) is 2.85. The third kappa shape index (κ3) is 5.85. The molecule has 0 spiro atoms. The molecular weight excluding hydrogens is 536 g/mol. The molecule has 1 aliphatic heterocycles. The molecule has 7 heteroatoms. The second-order valence-corrected chi connectivity index (χ2v) is 13.6. The van der Waals surface area contributed by atoms with Crippen LogP contribution in [-0.4, -0.2) is 35.5 Å². The number of carbonyl (C=O) groups is 3. The molecule has 5 rings (SSSR count). The van der Waals surface area contributed by atoms with Gasteiger partial charge in [-0.15, -0.1) is 0 Å². The van der Waals surface area contributed by atoms with Crippen molar-refractivity contribution in [2.45, 2.75) is 73.1 Å². The third-order valence-corrected chi connectivity index (χ3v) is 8.52. The highest BCUT2D eigenvalue weighted by Crippen LogP contribution is 2.55. The fourth-order valence-corrected chi connectivity index (χ4v) is 6.86. The number of carbonyl (C=O) groups excluding carboxylic acids is 3. The van der Waals surface area contributed by atoms with Crippen LogP contribution < -0.4 is 10.1 Å². The SMILES string of the molecule is CCN1C2=C(C(=O)CC(C)(C)C2)C(c2cc(Cl)ccc2OCC(=O)Nc2cccc(C)c2)C2=C1CC(C)(C)CC2=O. The predicted molar refractivity (Wildman–Crippen MR) is 162 cm³/mol. The summed E-state index contributed by atoms with van der Waals surface area (Å²) in [5.41, 5.74) is 5.30. The summed E-state index contributed by atoms with van der Waals surface area (Å²) in [6, 6.07) is 12.8. The summed E-state index contributed by atoms with van der Waals surface area (Å²) in [5, 5.41) is 3.35. The highest BCUT2D eigenvalue weighted by Gasteiger charge is 2.49. The Morgan fingerprint density at radius 3 is 2.12 bits per heavy atom. The topological polar surface area (TPSA) is 75.7 Å². The van der Waals surface area contributed by atoms with Crippen molar-refractivity contribution < 1.29 is 19.1 Å². The monoisotopic (exact) mass is 574 g/mol. The van der Waals surface area contributed by atoms with Gasteiger partial charge in [0, 0.05) is 64.1 Å². The maximum absolute atomic E-state index is 13.9. The van der Waals surface area contributed by atoms with Gasteiger partial charge in [0.25, 0.3) is 5.91 Å². The fraction of sp³-hybridized carbons (Fsp3) is 0.441. The first-order valence-corrected chi connectivity index (χ1v) is 14.8. The number of nitrogens with one attached hydrogen (secondary N) is 1. The molecule has 1 heterocycles. The van der Waals surface area contributed by atoms with E-state index in [9.17, 15) is 14.4 Å². The molecule has 41 heavy (non-hydrogen) atoms. The molecule has 2 aromatic carbocycles. The van der Waals surface area contributed by atoms with Crippen LogP contribution in [0.5, 0.6) is 5.75 Å². The third-order valence-electron chi connectivity index (χ3n) is 8.28. The quantitative estimate of drug-likeness (QED) is 0.390. The molecule has 0 saturated carbocycles. The Balaban J connectivity index is 1.59. The Bertz CT molecular complexity index is 1450. The number of aryl methyl sites for hydroxylation is 1. The summed E-state index contributed by atoms with van der Waals surface area (Å²) in [6.07, 6.45) is 2.27. The van der Waals surface area contributed by atoms with Gasteiger partial charge >= 0.3 is 0 Å². The first-order chi connectivity index (χ1) is 19.3. The number of rotatable bonds is 6. The molecule has 3 aliphatic rings. The minimum Gasteiger partial charge on any atom is -0.483 e. The number of ketones is 2. The zero-order chi connectivity index (χ0) is 29.7. The van der Waals surface area contributed by atoms with Crippen molar-refractivity contribution in [3.8, 4) is 5.75 Å². The lowest BCUT2D eigenvalue weighted by Crippen LogP contribution is -2.44. The largest absolute Gasteiger partial charge is 0.483 e. The number of hydrogen-bond donors (Lipinski definition) is 1. The molecule has 0 bridgehead atoms. The van der Waals surface area contributed by atoms with Crippen LogP contribution >= 0.6 is 11.6 Å². The first-order valence-electron chi connectivity index (χ1n) is 14.4. The standard InChI is InChI=1S/C34H39ClN2O4/c1-7-37-24-15-33(3,4)17-26(38)31(24)30(32-25(37)16-34(5,6)18-27(32)39)23-14-21(35)11-12-28(23)41-19-29(40)36-22-10-8-9-20(2)13-22/h8-14,30H,7,15-19H2,1-6H3,(H,36,40). The van der Waals surface area contributed by atoms with E-state index < -0.39 is 5.92 Å². The van der Waals surface area contributed by atoms with E-state index in [-0.39, 0.29) is 34.9 Å². The highest BCUT2D eigenvalue weighted by molar-refractivity contribution is 6.30. The van der Waals surface area contributed by atoms with Crippen molar-refractivity contribution in [1.29, 1.82) is 0 Å². The molecule has 216 valence electrons. The van der Waals surface area contributed by atoms with E-state index in [1.54, 1.807) is 18.2 Å². The summed E-state index contributed by atoms with van der Waals surface area (Å²) in [7, 11) is 0. The van der Waals surface area contributed by atoms with Gasteiger partial charge in [-0.2, -0.15) is 0 Å². The lowest BCUT2D eigenvalue weighted by molar-refractivity contribution is -0.120. The fourth-order valence-electron chi connectivity index (χ4n) is 6.68. The van der Waals surface area contributed by atoms with Gasteiger partial charge in [0.2, 0.25) is 0 Å². The minimum absolute atomic E-state index is 0.0481. The lowest BCUT2D eigenvalue weighted by Gasteiger charge is -2.49.